The van der Waals surface area contributed by atoms with Crippen LogP contribution in [0.25, 0.3) is 32.9 Å². The Morgan fingerprint density at radius 2 is 1.77 bits per heavy atom. The van der Waals surface area contributed by atoms with Crippen LogP contribution >= 0.6 is 0 Å². The fraction of sp³-hybridized carbons (Fsp3) is 0.222. The van der Waals surface area contributed by atoms with Crippen LogP contribution in [0.3, 0.4) is 0 Å². The SMILES string of the molecule is CC(C)n1c([C@H](C)Nc2ncnc3cccnc23)cc2cccc(-c3ccc(=O)n(C)c3)c2c1=O. The summed E-state index contributed by atoms with van der Waals surface area (Å²) < 4.78 is 3.35. The first kappa shape index (κ1) is 22.5. The van der Waals surface area contributed by atoms with Crippen LogP contribution in [0.15, 0.2) is 76.8 Å². The van der Waals surface area contributed by atoms with Gasteiger partial charge in [0, 0.05) is 37.2 Å². The van der Waals surface area contributed by atoms with Gasteiger partial charge >= 0.3 is 0 Å². The summed E-state index contributed by atoms with van der Waals surface area (Å²) in [6, 6.07) is 14.6. The minimum Gasteiger partial charge on any atom is -0.360 e. The molecule has 0 aliphatic heterocycles. The maximum absolute atomic E-state index is 13.9. The predicted octanol–water partition coefficient (Wildman–Crippen LogP) is 4.46. The molecule has 0 spiro atoms. The van der Waals surface area contributed by atoms with E-state index in [1.165, 1.54) is 17.0 Å². The number of nitrogens with zero attached hydrogens (tertiary/aromatic N) is 5. The highest BCUT2D eigenvalue weighted by atomic mass is 16.1. The predicted molar refractivity (Wildman–Crippen MR) is 139 cm³/mol. The molecular weight excluding hydrogens is 440 g/mol. The van der Waals surface area contributed by atoms with E-state index in [9.17, 15) is 9.59 Å². The zero-order chi connectivity index (χ0) is 24.7. The molecule has 1 atom stereocenters. The number of benzene rings is 1. The smallest absolute Gasteiger partial charge is 0.259 e. The summed E-state index contributed by atoms with van der Waals surface area (Å²) in [5.74, 6) is 0.616. The van der Waals surface area contributed by atoms with Crippen LogP contribution in [-0.4, -0.2) is 24.1 Å². The maximum Gasteiger partial charge on any atom is 0.259 e. The molecule has 35 heavy (non-hydrogen) atoms. The fourth-order valence-corrected chi connectivity index (χ4v) is 4.53. The number of hydrogen-bond donors (Lipinski definition) is 1. The number of hydrogen-bond acceptors (Lipinski definition) is 6. The molecule has 0 bridgehead atoms. The van der Waals surface area contributed by atoms with E-state index in [1.54, 1.807) is 25.5 Å². The standard InChI is InChI=1S/C27H26N6O2/c1-16(2)33-22(17(3)31-26-25-21(29-15-30-26)9-6-12-28-25)13-18-7-5-8-20(24(18)27(33)35)19-10-11-23(34)32(4)14-19/h5-17H,1-4H3,(H,29,30,31)/t17-/m0/s1. The van der Waals surface area contributed by atoms with Gasteiger partial charge < -0.3 is 14.5 Å². The van der Waals surface area contributed by atoms with Crippen molar-refractivity contribution in [3.63, 3.8) is 0 Å². The molecular formula is C27H26N6O2. The monoisotopic (exact) mass is 466 g/mol. The highest BCUT2D eigenvalue weighted by molar-refractivity contribution is 5.96. The molecule has 4 aromatic heterocycles. The highest BCUT2D eigenvalue weighted by Gasteiger charge is 2.20. The van der Waals surface area contributed by atoms with Crippen LogP contribution in [0.4, 0.5) is 5.82 Å². The summed E-state index contributed by atoms with van der Waals surface area (Å²) in [6.45, 7) is 6.01. The molecule has 5 rings (SSSR count). The lowest BCUT2D eigenvalue weighted by molar-refractivity contribution is 0.541. The lowest BCUT2D eigenvalue weighted by Crippen LogP contribution is -2.28. The van der Waals surface area contributed by atoms with E-state index in [-0.39, 0.29) is 23.2 Å². The molecule has 4 heterocycles. The molecule has 8 nitrogen and oxygen atoms in total. The normalized spacial score (nSPS) is 12.4. The summed E-state index contributed by atoms with van der Waals surface area (Å²) in [4.78, 5) is 39.0. The minimum absolute atomic E-state index is 0.0698. The van der Waals surface area contributed by atoms with Crippen LogP contribution in [0.5, 0.6) is 0 Å². The first-order valence-corrected chi connectivity index (χ1v) is 11.5. The molecule has 0 saturated heterocycles. The molecule has 8 heteroatoms. The van der Waals surface area contributed by atoms with Crippen LogP contribution in [-0.2, 0) is 7.05 Å². The Balaban J connectivity index is 1.67. The van der Waals surface area contributed by atoms with E-state index >= 15 is 0 Å². The topological polar surface area (TPSA) is 94.7 Å². The van der Waals surface area contributed by atoms with Gasteiger partial charge in [-0.2, -0.15) is 0 Å². The van der Waals surface area contributed by atoms with Gasteiger partial charge in [-0.05, 0) is 61.5 Å². The first-order chi connectivity index (χ1) is 16.8. The molecule has 0 aliphatic rings. The van der Waals surface area contributed by atoms with E-state index in [4.69, 9.17) is 0 Å². The number of pyridine rings is 3. The molecule has 0 fully saturated rings. The van der Waals surface area contributed by atoms with Crippen molar-refractivity contribution in [1.82, 2.24) is 24.1 Å². The van der Waals surface area contributed by atoms with Crippen molar-refractivity contribution in [2.45, 2.75) is 32.9 Å². The first-order valence-electron chi connectivity index (χ1n) is 11.5. The maximum atomic E-state index is 13.9. The molecule has 1 aromatic carbocycles. The van der Waals surface area contributed by atoms with Crippen molar-refractivity contribution >= 4 is 27.6 Å². The van der Waals surface area contributed by atoms with E-state index in [0.717, 1.165) is 27.7 Å². The van der Waals surface area contributed by atoms with Gasteiger partial charge in [-0.15, -0.1) is 0 Å². The summed E-state index contributed by atoms with van der Waals surface area (Å²) in [5, 5.41) is 4.91. The zero-order valence-corrected chi connectivity index (χ0v) is 20.1. The van der Waals surface area contributed by atoms with Gasteiger partial charge in [0.15, 0.2) is 5.82 Å². The second-order valence-electron chi connectivity index (χ2n) is 8.93. The van der Waals surface area contributed by atoms with Crippen molar-refractivity contribution in [1.29, 1.82) is 0 Å². The number of aryl methyl sites for hydroxylation is 1. The van der Waals surface area contributed by atoms with Gasteiger partial charge in [0.05, 0.1) is 16.9 Å². The van der Waals surface area contributed by atoms with E-state index in [2.05, 4.69) is 26.3 Å². The van der Waals surface area contributed by atoms with E-state index in [0.29, 0.717) is 16.7 Å². The average Bonchev–Trinajstić information content (AvgIpc) is 2.85. The van der Waals surface area contributed by atoms with Crippen molar-refractivity contribution in [2.24, 2.45) is 7.05 Å². The zero-order valence-electron chi connectivity index (χ0n) is 20.1. The number of aromatic nitrogens is 5. The second-order valence-corrected chi connectivity index (χ2v) is 8.93. The van der Waals surface area contributed by atoms with Crippen molar-refractivity contribution < 1.29 is 0 Å². The van der Waals surface area contributed by atoms with Crippen LogP contribution in [0.2, 0.25) is 0 Å². The Morgan fingerprint density at radius 3 is 2.54 bits per heavy atom. The molecule has 0 aliphatic carbocycles. The van der Waals surface area contributed by atoms with E-state index in [1.807, 2.05) is 55.7 Å². The summed E-state index contributed by atoms with van der Waals surface area (Å²) in [7, 11) is 1.71. The van der Waals surface area contributed by atoms with Gasteiger partial charge in [0.2, 0.25) is 5.56 Å². The summed E-state index contributed by atoms with van der Waals surface area (Å²) >= 11 is 0. The molecule has 1 N–H and O–H groups in total. The van der Waals surface area contributed by atoms with Gasteiger partial charge in [-0.25, -0.2) is 9.97 Å². The molecule has 176 valence electrons. The van der Waals surface area contributed by atoms with Crippen LogP contribution < -0.4 is 16.4 Å². The van der Waals surface area contributed by atoms with Crippen molar-refractivity contribution in [3.8, 4) is 11.1 Å². The Kier molecular flexibility index (Phi) is 5.64. The average molecular weight is 467 g/mol. The summed E-state index contributed by atoms with van der Waals surface area (Å²) in [5.41, 5.74) is 3.73. The fourth-order valence-electron chi connectivity index (χ4n) is 4.53. The van der Waals surface area contributed by atoms with Crippen molar-refractivity contribution in [3.05, 3.63) is 93.7 Å². The number of anilines is 1. The van der Waals surface area contributed by atoms with Gasteiger partial charge in [0.1, 0.15) is 11.8 Å². The Bertz CT molecular complexity index is 1680. The Hall–Kier alpha value is -4.33. The second kappa shape index (κ2) is 8.79. The summed E-state index contributed by atoms with van der Waals surface area (Å²) in [6.07, 6.45) is 4.98. The number of fused-ring (bicyclic) bond motifs is 2. The molecule has 5 aromatic rings. The number of rotatable bonds is 5. The highest BCUT2D eigenvalue weighted by Crippen LogP contribution is 2.30. The Morgan fingerprint density at radius 1 is 0.943 bits per heavy atom. The molecule has 0 saturated carbocycles. The number of nitrogens with one attached hydrogen (secondary N) is 1. The van der Waals surface area contributed by atoms with E-state index < -0.39 is 0 Å². The lowest BCUT2D eigenvalue weighted by atomic mass is 9.98. The largest absolute Gasteiger partial charge is 0.360 e. The van der Waals surface area contributed by atoms with Crippen molar-refractivity contribution in [2.75, 3.05) is 5.32 Å². The lowest BCUT2D eigenvalue weighted by Gasteiger charge is -2.24. The van der Waals surface area contributed by atoms with Crippen LogP contribution in [0.1, 0.15) is 38.5 Å². The van der Waals surface area contributed by atoms with Gasteiger partial charge in [0.25, 0.3) is 5.56 Å². The third-order valence-electron chi connectivity index (χ3n) is 6.22. The third kappa shape index (κ3) is 3.97. The van der Waals surface area contributed by atoms with Gasteiger partial charge in [-0.3, -0.25) is 14.6 Å². The minimum atomic E-state index is -0.226. The van der Waals surface area contributed by atoms with Gasteiger partial charge in [-0.1, -0.05) is 18.2 Å². The third-order valence-corrected chi connectivity index (χ3v) is 6.22. The molecule has 0 unspecified atom stereocenters. The Labute approximate surface area is 201 Å². The van der Waals surface area contributed by atoms with Crippen LogP contribution in [0, 0.1) is 0 Å². The quantitative estimate of drug-likeness (QED) is 0.411. The molecule has 0 radical (unpaired) electrons. The molecule has 0 amide bonds.